The van der Waals surface area contributed by atoms with Crippen LogP contribution in [-0.2, 0) is 17.6 Å². The minimum absolute atomic E-state index is 0.187. The van der Waals surface area contributed by atoms with E-state index in [0.717, 1.165) is 17.7 Å². The molecule has 3 rings (SSSR count). The first kappa shape index (κ1) is 22.3. The Morgan fingerprint density at radius 1 is 1.19 bits per heavy atom. The Bertz CT molecular complexity index is 1180. The molecule has 0 atom stereocenters. The lowest BCUT2D eigenvalue weighted by Gasteiger charge is -2.09. The first-order valence-electron chi connectivity index (χ1n) is 9.76. The predicted octanol–water partition coefficient (Wildman–Crippen LogP) is 4.63. The molecule has 0 fully saturated rings. The van der Waals surface area contributed by atoms with E-state index < -0.39 is 11.7 Å². The molecule has 0 amide bonds. The minimum atomic E-state index is -4.49. The summed E-state index contributed by atoms with van der Waals surface area (Å²) in [5.41, 5.74) is 0.980. The largest absolute Gasteiger partial charge is 0.416 e. The van der Waals surface area contributed by atoms with Gasteiger partial charge in [-0.05, 0) is 43.7 Å². The first-order valence-corrected chi connectivity index (χ1v) is 9.76. The van der Waals surface area contributed by atoms with E-state index in [0.29, 0.717) is 25.2 Å². The third-order valence-corrected chi connectivity index (χ3v) is 4.58. The van der Waals surface area contributed by atoms with Gasteiger partial charge < -0.3 is 4.84 Å². The van der Waals surface area contributed by atoms with Gasteiger partial charge in [-0.3, -0.25) is 0 Å². The summed E-state index contributed by atoms with van der Waals surface area (Å²) in [5, 5.41) is 3.90. The van der Waals surface area contributed by atoms with Crippen molar-refractivity contribution >= 4 is 11.9 Å². The molecule has 1 aromatic carbocycles. The van der Waals surface area contributed by atoms with Gasteiger partial charge in [-0.15, -0.1) is 0 Å². The second kappa shape index (κ2) is 9.59. The molecule has 0 saturated heterocycles. The van der Waals surface area contributed by atoms with E-state index in [-0.39, 0.29) is 16.7 Å². The third-order valence-electron chi connectivity index (χ3n) is 4.58. The van der Waals surface area contributed by atoms with Crippen LogP contribution in [0, 0.1) is 0 Å². The number of hydrogen-bond donors (Lipinski definition) is 0. The summed E-state index contributed by atoms with van der Waals surface area (Å²) in [6.07, 6.45) is 2.75. The zero-order valence-electron chi connectivity index (χ0n) is 17.3. The number of rotatable bonds is 7. The number of nitrogens with zero attached hydrogens (tertiary/aromatic N) is 3. The first-order chi connectivity index (χ1) is 14.8. The molecule has 0 aliphatic rings. The van der Waals surface area contributed by atoms with Crippen LogP contribution in [0.5, 0.6) is 0 Å². The van der Waals surface area contributed by atoms with Gasteiger partial charge in [0.2, 0.25) is 0 Å². The minimum Gasteiger partial charge on any atom is -0.392 e. The third kappa shape index (κ3) is 5.59. The van der Waals surface area contributed by atoms with Crippen molar-refractivity contribution in [3.05, 3.63) is 82.4 Å². The maximum absolute atomic E-state index is 13.1. The summed E-state index contributed by atoms with van der Waals surface area (Å²) in [7, 11) is 0. The van der Waals surface area contributed by atoms with Gasteiger partial charge in [0.15, 0.2) is 0 Å². The van der Waals surface area contributed by atoms with Gasteiger partial charge in [-0.2, -0.15) is 17.6 Å². The molecule has 8 heteroatoms. The number of aryl methyl sites for hydroxylation is 1. The van der Waals surface area contributed by atoms with Gasteiger partial charge in [-0.1, -0.05) is 28.9 Å². The van der Waals surface area contributed by atoms with Gasteiger partial charge in [0, 0.05) is 18.7 Å². The summed E-state index contributed by atoms with van der Waals surface area (Å²) in [5.74, 6) is 0. The van der Waals surface area contributed by atoms with Crippen molar-refractivity contribution in [2.75, 3.05) is 6.61 Å². The smallest absolute Gasteiger partial charge is 0.392 e. The molecule has 0 spiro atoms. The van der Waals surface area contributed by atoms with E-state index in [2.05, 4.69) is 5.16 Å². The average Bonchev–Trinajstić information content (AvgIpc) is 2.74. The van der Waals surface area contributed by atoms with Gasteiger partial charge in [0.25, 0.3) is 5.65 Å². The summed E-state index contributed by atoms with van der Waals surface area (Å²) in [6.45, 7) is 4.78. The number of allylic oxidation sites excluding steroid dienone is 1. The fraction of sp³-hybridized carbons (Fsp3) is 0.261. The number of pyridine rings is 1. The lowest BCUT2D eigenvalue weighted by molar-refractivity contribution is -0.672. The molecule has 0 saturated carbocycles. The SMILES string of the molecule is CC(C)=CCON=CCC[n+]1cc(-c2cccc(C(F)(F)F)c2)c(=O)n2ccccc21. The van der Waals surface area contributed by atoms with Crippen molar-refractivity contribution < 1.29 is 22.6 Å². The molecule has 31 heavy (non-hydrogen) atoms. The van der Waals surface area contributed by atoms with Crippen molar-refractivity contribution in [2.45, 2.75) is 33.0 Å². The topological polar surface area (TPSA) is 47.0 Å². The fourth-order valence-corrected chi connectivity index (χ4v) is 3.04. The van der Waals surface area contributed by atoms with E-state index in [9.17, 15) is 18.0 Å². The van der Waals surface area contributed by atoms with Crippen molar-refractivity contribution in [2.24, 2.45) is 5.16 Å². The standard InChI is InChI=1S/C23H23F3N3O2/c1-17(2)10-14-31-27-11-6-12-28-16-20(22(30)29-13-4-3-9-21(28)29)18-7-5-8-19(15-18)23(24,25)26/h3-5,7-11,13,15-16H,6,12,14H2,1-2H3/q+1. The number of aromatic nitrogens is 2. The molecular formula is C23H23F3N3O2+. The number of hydrogen-bond acceptors (Lipinski definition) is 3. The van der Waals surface area contributed by atoms with Gasteiger partial charge >= 0.3 is 11.7 Å². The Labute approximate surface area is 177 Å². The number of oxime groups is 1. The highest BCUT2D eigenvalue weighted by Crippen LogP contribution is 2.31. The van der Waals surface area contributed by atoms with Gasteiger partial charge in [0.1, 0.15) is 18.4 Å². The Hall–Kier alpha value is -3.42. The molecule has 0 bridgehead atoms. The maximum Gasteiger partial charge on any atom is 0.416 e. The van der Waals surface area contributed by atoms with E-state index >= 15 is 0 Å². The van der Waals surface area contributed by atoms with Crippen molar-refractivity contribution in [1.29, 1.82) is 0 Å². The molecule has 3 aromatic rings. The van der Waals surface area contributed by atoms with Crippen LogP contribution in [0.2, 0.25) is 0 Å². The van der Waals surface area contributed by atoms with Crippen LogP contribution >= 0.6 is 0 Å². The zero-order valence-corrected chi connectivity index (χ0v) is 17.3. The molecule has 0 aliphatic carbocycles. The fourth-order valence-electron chi connectivity index (χ4n) is 3.04. The Morgan fingerprint density at radius 3 is 2.74 bits per heavy atom. The molecule has 2 heterocycles. The van der Waals surface area contributed by atoms with Crippen LogP contribution in [0.25, 0.3) is 16.8 Å². The summed E-state index contributed by atoms with van der Waals surface area (Å²) >= 11 is 0. The van der Waals surface area contributed by atoms with Crippen LogP contribution < -0.4 is 10.1 Å². The Morgan fingerprint density at radius 2 is 2.00 bits per heavy atom. The number of alkyl halides is 3. The normalized spacial score (nSPS) is 11.8. The monoisotopic (exact) mass is 430 g/mol. The van der Waals surface area contributed by atoms with E-state index in [1.165, 1.54) is 16.5 Å². The van der Waals surface area contributed by atoms with Crippen molar-refractivity contribution in [1.82, 2.24) is 4.40 Å². The Balaban J connectivity index is 1.92. The lowest BCUT2D eigenvalue weighted by Crippen LogP contribution is -2.40. The molecule has 162 valence electrons. The highest BCUT2D eigenvalue weighted by molar-refractivity contribution is 5.63. The molecule has 5 nitrogen and oxygen atoms in total. The van der Waals surface area contributed by atoms with Crippen LogP contribution in [0.15, 0.2) is 76.5 Å². The number of fused-ring (bicyclic) bond motifs is 1. The highest BCUT2D eigenvalue weighted by Gasteiger charge is 2.31. The van der Waals surface area contributed by atoms with Gasteiger partial charge in [0.05, 0.1) is 18.3 Å². The molecule has 2 aromatic heterocycles. The number of benzene rings is 1. The lowest BCUT2D eigenvalue weighted by atomic mass is 10.1. The second-order valence-electron chi connectivity index (χ2n) is 7.20. The van der Waals surface area contributed by atoms with Crippen LogP contribution in [-0.4, -0.2) is 17.2 Å². The van der Waals surface area contributed by atoms with E-state index in [1.807, 2.05) is 24.5 Å². The zero-order chi connectivity index (χ0) is 22.4. The highest BCUT2D eigenvalue weighted by atomic mass is 19.4. The van der Waals surface area contributed by atoms with Crippen molar-refractivity contribution in [3.63, 3.8) is 0 Å². The Kier molecular flexibility index (Phi) is 6.89. The molecular weight excluding hydrogens is 407 g/mol. The van der Waals surface area contributed by atoms with Crippen molar-refractivity contribution in [3.8, 4) is 11.1 Å². The quantitative estimate of drug-likeness (QED) is 0.180. The van der Waals surface area contributed by atoms with Crippen LogP contribution in [0.3, 0.4) is 0 Å². The summed E-state index contributed by atoms with van der Waals surface area (Å²) in [4.78, 5) is 18.1. The number of halogens is 3. The van der Waals surface area contributed by atoms with Crippen LogP contribution in [0.1, 0.15) is 25.8 Å². The second-order valence-corrected chi connectivity index (χ2v) is 7.20. The van der Waals surface area contributed by atoms with Gasteiger partial charge in [-0.25, -0.2) is 9.36 Å². The average molecular weight is 430 g/mol. The maximum atomic E-state index is 13.1. The predicted molar refractivity (Wildman–Crippen MR) is 113 cm³/mol. The summed E-state index contributed by atoms with van der Waals surface area (Å²) < 4.78 is 42.7. The molecule has 0 aliphatic heterocycles. The van der Waals surface area contributed by atoms with E-state index in [4.69, 9.17) is 4.84 Å². The summed E-state index contributed by atoms with van der Waals surface area (Å²) in [6, 6.07) is 10.1. The molecule has 0 unspecified atom stereocenters. The van der Waals surface area contributed by atoms with E-state index in [1.54, 1.807) is 36.8 Å². The molecule has 0 N–H and O–H groups in total. The van der Waals surface area contributed by atoms with Crippen LogP contribution in [0.4, 0.5) is 13.2 Å². The molecule has 0 radical (unpaired) electrons.